The summed E-state index contributed by atoms with van der Waals surface area (Å²) in [6.07, 6.45) is -1.55. The Labute approximate surface area is 179 Å². The molecule has 0 aliphatic rings. The van der Waals surface area contributed by atoms with Crippen LogP contribution < -0.4 is 27.5 Å². The van der Waals surface area contributed by atoms with Crippen molar-refractivity contribution >= 4 is 27.6 Å². The molecule has 1 atom stereocenters. The summed E-state index contributed by atoms with van der Waals surface area (Å²) in [5, 5.41) is 0. The summed E-state index contributed by atoms with van der Waals surface area (Å²) in [6, 6.07) is 9.05. The molecule has 1 aromatic heterocycles. The fourth-order valence-electron chi connectivity index (χ4n) is 2.72. The number of pyridine rings is 1. The minimum atomic E-state index is -4.06. The first-order valence-electron chi connectivity index (χ1n) is 9.25. The number of ether oxygens (including phenoxy) is 1. The normalized spacial score (nSPS) is 12.4. The number of aromatic nitrogens is 1. The van der Waals surface area contributed by atoms with Gasteiger partial charge in [-0.1, -0.05) is 26.0 Å². The molecule has 0 aliphatic carbocycles. The Kier molecular flexibility index (Phi) is 7.41. The lowest BCUT2D eigenvalue weighted by atomic mass is 10.0. The zero-order valence-corrected chi connectivity index (χ0v) is 18.2. The predicted molar refractivity (Wildman–Crippen MR) is 117 cm³/mol. The van der Waals surface area contributed by atoms with Crippen molar-refractivity contribution < 1.29 is 17.9 Å². The summed E-state index contributed by atoms with van der Waals surface area (Å²) >= 11 is 0. The maximum absolute atomic E-state index is 12.9. The molecular weight excluding hydrogens is 424 g/mol. The van der Waals surface area contributed by atoms with Crippen molar-refractivity contribution in [3.05, 3.63) is 58.0 Å². The third-order valence-electron chi connectivity index (χ3n) is 4.38. The number of aryl methyl sites for hydroxylation is 1. The van der Waals surface area contributed by atoms with E-state index in [-0.39, 0.29) is 22.5 Å². The number of sulfonamides is 1. The van der Waals surface area contributed by atoms with Crippen molar-refractivity contribution in [3.8, 4) is 0 Å². The van der Waals surface area contributed by atoms with Gasteiger partial charge in [0.25, 0.3) is 21.5 Å². The lowest BCUT2D eigenvalue weighted by Crippen LogP contribution is -2.38. The van der Waals surface area contributed by atoms with Crippen LogP contribution >= 0.6 is 0 Å². The number of nitrogens with one attached hydrogen (secondary N) is 1. The molecule has 0 radical (unpaired) electrons. The van der Waals surface area contributed by atoms with E-state index in [4.69, 9.17) is 21.9 Å². The SMILES string of the molecule is Cc1ccc(NS(=O)(=O)c2ccc(C(C)C)cc2)c(=O)n1C(OCN=C(N)N)C(N)=O. The van der Waals surface area contributed by atoms with Gasteiger partial charge in [-0.15, -0.1) is 0 Å². The van der Waals surface area contributed by atoms with Crippen molar-refractivity contribution in [2.75, 3.05) is 11.5 Å². The average Bonchev–Trinajstić information content (AvgIpc) is 2.68. The monoisotopic (exact) mass is 450 g/mol. The van der Waals surface area contributed by atoms with Gasteiger partial charge in [0.1, 0.15) is 12.4 Å². The second-order valence-corrected chi connectivity index (χ2v) is 8.71. The first kappa shape index (κ1) is 23.9. The maximum atomic E-state index is 12.9. The standard InChI is InChI=1S/C19H26N6O5S/c1-11(2)13-5-7-14(8-6-13)31(28,29)24-15-9-4-12(3)25(17(15)27)18(16(20)26)30-10-23-19(21)22/h4-9,11,18,24H,10H2,1-3H3,(H2,20,26)(H4,21,22,23). The molecule has 7 N–H and O–H groups in total. The predicted octanol–water partition coefficient (Wildman–Crippen LogP) is 0.312. The van der Waals surface area contributed by atoms with E-state index in [1.807, 2.05) is 13.8 Å². The Hall–Kier alpha value is -3.38. The van der Waals surface area contributed by atoms with Gasteiger partial charge in [-0.3, -0.25) is 18.9 Å². The number of guanidine groups is 1. The summed E-state index contributed by atoms with van der Waals surface area (Å²) in [5.74, 6) is -1.03. The first-order valence-corrected chi connectivity index (χ1v) is 10.7. The molecule has 1 aromatic carbocycles. The topological polar surface area (TPSA) is 185 Å². The molecule has 0 fully saturated rings. The van der Waals surface area contributed by atoms with Gasteiger partial charge in [-0.05, 0) is 42.7 Å². The van der Waals surface area contributed by atoms with Crippen LogP contribution in [0.2, 0.25) is 0 Å². The summed E-state index contributed by atoms with van der Waals surface area (Å²) in [6.45, 7) is 5.08. The Bertz CT molecular complexity index is 1140. The molecule has 0 saturated carbocycles. The fraction of sp³-hybridized carbons (Fsp3) is 0.316. The van der Waals surface area contributed by atoms with E-state index in [1.165, 1.54) is 31.2 Å². The van der Waals surface area contributed by atoms with Crippen LogP contribution in [0.25, 0.3) is 0 Å². The molecule has 1 heterocycles. The van der Waals surface area contributed by atoms with Gasteiger partial charge < -0.3 is 21.9 Å². The number of primary amides is 1. The molecule has 2 aromatic rings. The Balaban J connectivity index is 2.41. The fourth-order valence-corrected chi connectivity index (χ4v) is 3.77. The van der Waals surface area contributed by atoms with Crippen LogP contribution in [-0.4, -0.2) is 31.6 Å². The maximum Gasteiger partial charge on any atom is 0.277 e. The zero-order chi connectivity index (χ0) is 23.3. The molecule has 168 valence electrons. The second kappa shape index (κ2) is 9.62. The minimum absolute atomic E-state index is 0.0149. The van der Waals surface area contributed by atoms with Crippen molar-refractivity contribution in [1.29, 1.82) is 0 Å². The van der Waals surface area contributed by atoms with Crippen molar-refractivity contribution in [2.24, 2.45) is 22.2 Å². The Morgan fingerprint density at radius 2 is 1.74 bits per heavy atom. The van der Waals surface area contributed by atoms with Crippen molar-refractivity contribution in [2.45, 2.75) is 37.8 Å². The third-order valence-corrected chi connectivity index (χ3v) is 5.76. The van der Waals surface area contributed by atoms with E-state index in [9.17, 15) is 18.0 Å². The summed E-state index contributed by atoms with van der Waals surface area (Å²) in [7, 11) is -4.06. The second-order valence-electron chi connectivity index (χ2n) is 7.03. The highest BCUT2D eigenvalue weighted by atomic mass is 32.2. The highest BCUT2D eigenvalue weighted by Gasteiger charge is 2.24. The lowest BCUT2D eigenvalue weighted by molar-refractivity contribution is -0.135. The number of benzene rings is 1. The number of nitrogens with zero attached hydrogens (tertiary/aromatic N) is 2. The number of nitrogens with two attached hydrogens (primary N) is 3. The van der Waals surface area contributed by atoms with Crippen LogP contribution in [-0.2, 0) is 19.6 Å². The highest BCUT2D eigenvalue weighted by molar-refractivity contribution is 7.92. The van der Waals surface area contributed by atoms with Gasteiger partial charge in [0.15, 0.2) is 5.96 Å². The first-order chi connectivity index (χ1) is 14.4. The molecule has 0 spiro atoms. The van der Waals surface area contributed by atoms with Crippen LogP contribution in [0.1, 0.15) is 37.3 Å². The molecule has 11 nitrogen and oxygen atoms in total. The van der Waals surface area contributed by atoms with Crippen LogP contribution in [0.3, 0.4) is 0 Å². The largest absolute Gasteiger partial charge is 0.370 e. The molecule has 12 heteroatoms. The molecule has 1 unspecified atom stereocenters. The number of rotatable bonds is 9. The van der Waals surface area contributed by atoms with E-state index >= 15 is 0 Å². The van der Waals surface area contributed by atoms with E-state index in [1.54, 1.807) is 12.1 Å². The quantitative estimate of drug-likeness (QED) is 0.313. The number of hydrogen-bond acceptors (Lipinski definition) is 6. The number of carbonyl (C=O) groups is 1. The van der Waals surface area contributed by atoms with Crippen LogP contribution in [0.5, 0.6) is 0 Å². The number of amides is 1. The van der Waals surface area contributed by atoms with Gasteiger partial charge in [0.05, 0.1) is 4.90 Å². The zero-order valence-electron chi connectivity index (χ0n) is 17.4. The summed E-state index contributed by atoms with van der Waals surface area (Å²) < 4.78 is 33.9. The van der Waals surface area contributed by atoms with E-state index in [0.29, 0.717) is 5.69 Å². The summed E-state index contributed by atoms with van der Waals surface area (Å²) in [4.78, 5) is 28.4. The van der Waals surface area contributed by atoms with Crippen molar-refractivity contribution in [3.63, 3.8) is 0 Å². The minimum Gasteiger partial charge on any atom is -0.370 e. The van der Waals surface area contributed by atoms with Gasteiger partial charge in [-0.25, -0.2) is 13.4 Å². The Morgan fingerprint density at radius 3 is 2.26 bits per heavy atom. The van der Waals surface area contributed by atoms with Crippen LogP contribution in [0.4, 0.5) is 5.69 Å². The third kappa shape index (κ3) is 5.83. The molecule has 0 saturated heterocycles. The van der Waals surface area contributed by atoms with Crippen LogP contribution in [0, 0.1) is 6.92 Å². The molecule has 1 amide bonds. The van der Waals surface area contributed by atoms with E-state index in [0.717, 1.165) is 10.1 Å². The molecule has 2 rings (SSSR count). The number of aliphatic imine (C=N–C) groups is 1. The number of hydrogen-bond donors (Lipinski definition) is 4. The molecule has 31 heavy (non-hydrogen) atoms. The van der Waals surface area contributed by atoms with Crippen LogP contribution in [0.15, 0.2) is 51.1 Å². The van der Waals surface area contributed by atoms with Gasteiger partial charge in [-0.2, -0.15) is 0 Å². The van der Waals surface area contributed by atoms with Gasteiger partial charge >= 0.3 is 0 Å². The van der Waals surface area contributed by atoms with E-state index in [2.05, 4.69) is 9.71 Å². The van der Waals surface area contributed by atoms with Gasteiger partial charge in [0.2, 0.25) is 6.23 Å². The number of carbonyl (C=O) groups excluding carboxylic acids is 1. The molecule has 0 aliphatic heterocycles. The smallest absolute Gasteiger partial charge is 0.277 e. The highest BCUT2D eigenvalue weighted by Crippen LogP contribution is 2.20. The van der Waals surface area contributed by atoms with E-state index < -0.39 is 34.4 Å². The number of anilines is 1. The molecular formula is C19H26N6O5S. The average molecular weight is 451 g/mol. The molecule has 0 bridgehead atoms. The Morgan fingerprint density at radius 1 is 1.13 bits per heavy atom. The van der Waals surface area contributed by atoms with Gasteiger partial charge in [0, 0.05) is 5.69 Å². The summed E-state index contributed by atoms with van der Waals surface area (Å²) in [5.41, 5.74) is 16.0. The lowest BCUT2D eigenvalue weighted by Gasteiger charge is -2.20. The van der Waals surface area contributed by atoms with Crippen molar-refractivity contribution in [1.82, 2.24) is 4.57 Å².